The van der Waals surface area contributed by atoms with Gasteiger partial charge in [0.25, 0.3) is 0 Å². The minimum absolute atomic E-state index is 0.229. The minimum atomic E-state index is -4.26. The molecule has 128 valence electrons. The molecule has 0 amide bonds. The molecule has 4 nitrogen and oxygen atoms in total. The van der Waals surface area contributed by atoms with Gasteiger partial charge in [0, 0.05) is 6.54 Å². The van der Waals surface area contributed by atoms with Crippen molar-refractivity contribution in [3.05, 3.63) is 59.7 Å². The van der Waals surface area contributed by atoms with Crippen molar-refractivity contribution in [2.45, 2.75) is 23.8 Å². The monoisotopic (exact) mass is 353 g/mol. The van der Waals surface area contributed by atoms with Gasteiger partial charge >= 0.3 is 0 Å². The van der Waals surface area contributed by atoms with Gasteiger partial charge < -0.3 is 4.74 Å². The predicted octanol–water partition coefficient (Wildman–Crippen LogP) is 3.50. The summed E-state index contributed by atoms with van der Waals surface area (Å²) in [7, 11) is -2.72. The average Bonchev–Trinajstić information content (AvgIpc) is 3.05. The highest BCUT2D eigenvalue weighted by molar-refractivity contribution is 7.89. The molecule has 1 aliphatic rings. The first-order valence-electron chi connectivity index (χ1n) is 7.55. The molecule has 0 spiro atoms. The van der Waals surface area contributed by atoms with Gasteiger partial charge in [-0.3, -0.25) is 0 Å². The van der Waals surface area contributed by atoms with Crippen LogP contribution in [0.1, 0.15) is 24.4 Å². The molecule has 1 unspecified atom stereocenters. The summed E-state index contributed by atoms with van der Waals surface area (Å²) in [5, 5.41) is 0. The van der Waals surface area contributed by atoms with E-state index in [1.54, 1.807) is 31.4 Å². The zero-order valence-corrected chi connectivity index (χ0v) is 13.9. The number of sulfonamides is 1. The van der Waals surface area contributed by atoms with Crippen LogP contribution in [-0.2, 0) is 10.0 Å². The van der Waals surface area contributed by atoms with E-state index in [1.165, 1.54) is 4.31 Å². The van der Waals surface area contributed by atoms with Gasteiger partial charge in [0.2, 0.25) is 10.0 Å². The maximum Gasteiger partial charge on any atom is 0.249 e. The molecule has 0 radical (unpaired) electrons. The molecule has 3 rings (SSSR count). The predicted molar refractivity (Wildman–Crippen MR) is 85.2 cm³/mol. The number of benzene rings is 2. The van der Waals surface area contributed by atoms with Gasteiger partial charge in [0.15, 0.2) is 4.90 Å². The fourth-order valence-electron chi connectivity index (χ4n) is 3.03. The quantitative estimate of drug-likeness (QED) is 0.845. The Kier molecular flexibility index (Phi) is 4.56. The van der Waals surface area contributed by atoms with Crippen molar-refractivity contribution in [3.63, 3.8) is 0 Å². The lowest BCUT2D eigenvalue weighted by atomic mass is 10.1. The molecular formula is C17H17F2NO3S. The number of halogens is 2. The zero-order valence-electron chi connectivity index (χ0n) is 13.1. The van der Waals surface area contributed by atoms with Gasteiger partial charge in [-0.1, -0.05) is 18.2 Å². The second-order valence-corrected chi connectivity index (χ2v) is 7.43. The van der Waals surface area contributed by atoms with Crippen molar-refractivity contribution in [1.82, 2.24) is 4.31 Å². The van der Waals surface area contributed by atoms with Crippen molar-refractivity contribution in [1.29, 1.82) is 0 Å². The molecule has 0 N–H and O–H groups in total. The fraction of sp³-hybridized carbons (Fsp3) is 0.294. The third kappa shape index (κ3) is 2.89. The van der Waals surface area contributed by atoms with Crippen molar-refractivity contribution in [2.24, 2.45) is 0 Å². The van der Waals surface area contributed by atoms with Crippen molar-refractivity contribution in [2.75, 3.05) is 13.7 Å². The molecule has 7 heteroatoms. The molecule has 2 aromatic rings. The first-order chi connectivity index (χ1) is 11.4. The summed E-state index contributed by atoms with van der Waals surface area (Å²) < 4.78 is 59.8. The Labute approximate surface area is 139 Å². The Hall–Kier alpha value is -1.99. The summed E-state index contributed by atoms with van der Waals surface area (Å²) >= 11 is 0. The second kappa shape index (κ2) is 6.49. The molecule has 24 heavy (non-hydrogen) atoms. The van der Waals surface area contributed by atoms with Gasteiger partial charge in [-0.05, 0) is 42.7 Å². The number of nitrogens with zero attached hydrogens (tertiary/aromatic N) is 1. The lowest BCUT2D eigenvalue weighted by Gasteiger charge is -2.25. The zero-order chi connectivity index (χ0) is 17.3. The molecule has 0 aliphatic carbocycles. The van der Waals surface area contributed by atoms with Crippen LogP contribution in [-0.4, -0.2) is 26.4 Å². The van der Waals surface area contributed by atoms with Crippen LogP contribution in [0, 0.1) is 11.6 Å². The van der Waals surface area contributed by atoms with Crippen LogP contribution in [0.15, 0.2) is 47.4 Å². The second-order valence-electron chi connectivity index (χ2n) is 5.60. The molecule has 1 atom stereocenters. The molecule has 1 saturated heterocycles. The normalized spacial score (nSPS) is 18.7. The summed E-state index contributed by atoms with van der Waals surface area (Å²) in [6.45, 7) is 0.229. The first-order valence-corrected chi connectivity index (χ1v) is 8.99. The summed E-state index contributed by atoms with van der Waals surface area (Å²) in [6.07, 6.45) is 1.23. The van der Waals surface area contributed by atoms with Crippen molar-refractivity contribution >= 4 is 10.0 Å². The Balaban J connectivity index is 2.00. The SMILES string of the molecule is COc1ccc(C2CCCN2S(=O)(=O)c2c(F)cccc2F)cc1. The van der Waals surface area contributed by atoms with Crippen LogP contribution in [0.25, 0.3) is 0 Å². The maximum atomic E-state index is 14.0. The fourth-order valence-corrected chi connectivity index (χ4v) is 4.83. The molecule has 0 saturated carbocycles. The standard InChI is InChI=1S/C17H17F2NO3S/c1-23-13-9-7-12(8-10-13)16-6-3-11-20(16)24(21,22)17-14(18)4-2-5-15(17)19/h2,4-5,7-10,16H,3,6,11H2,1H3. The van der Waals surface area contributed by atoms with Crippen molar-refractivity contribution in [3.8, 4) is 5.75 Å². The third-order valence-corrected chi connectivity index (χ3v) is 6.15. The molecule has 1 fully saturated rings. The van der Waals surface area contributed by atoms with E-state index in [1.807, 2.05) is 0 Å². The lowest BCUT2D eigenvalue weighted by molar-refractivity contribution is 0.387. The van der Waals surface area contributed by atoms with Crippen LogP contribution < -0.4 is 4.74 Å². The van der Waals surface area contributed by atoms with E-state index < -0.39 is 32.6 Å². The molecule has 1 heterocycles. The molecule has 2 aromatic carbocycles. The van der Waals surface area contributed by atoms with Gasteiger partial charge in [-0.25, -0.2) is 17.2 Å². The Bertz CT molecular complexity index is 817. The molecule has 0 aromatic heterocycles. The minimum Gasteiger partial charge on any atom is -0.497 e. The first kappa shape index (κ1) is 16.9. The van der Waals surface area contributed by atoms with Gasteiger partial charge in [0.1, 0.15) is 17.4 Å². The van der Waals surface area contributed by atoms with E-state index in [9.17, 15) is 17.2 Å². The molecule has 1 aliphatic heterocycles. The highest BCUT2D eigenvalue weighted by Gasteiger charge is 2.39. The number of hydrogen-bond donors (Lipinski definition) is 0. The van der Waals surface area contributed by atoms with E-state index >= 15 is 0 Å². The van der Waals surface area contributed by atoms with Crippen LogP contribution in [0.5, 0.6) is 5.75 Å². The average molecular weight is 353 g/mol. The van der Waals surface area contributed by atoms with E-state index in [2.05, 4.69) is 0 Å². The number of methoxy groups -OCH3 is 1. The Morgan fingerprint density at radius 1 is 1.08 bits per heavy atom. The summed E-state index contributed by atoms with van der Waals surface area (Å²) in [5.41, 5.74) is 0.772. The van der Waals surface area contributed by atoms with Gasteiger partial charge in [-0.15, -0.1) is 0 Å². The Morgan fingerprint density at radius 2 is 1.71 bits per heavy atom. The number of hydrogen-bond acceptors (Lipinski definition) is 3. The Morgan fingerprint density at radius 3 is 2.29 bits per heavy atom. The van der Waals surface area contributed by atoms with Crippen LogP contribution >= 0.6 is 0 Å². The molecule has 0 bridgehead atoms. The molecular weight excluding hydrogens is 336 g/mol. The number of ether oxygens (including phenoxy) is 1. The van der Waals surface area contributed by atoms with Crippen LogP contribution in [0.4, 0.5) is 8.78 Å². The van der Waals surface area contributed by atoms with Crippen LogP contribution in [0.2, 0.25) is 0 Å². The third-order valence-electron chi connectivity index (χ3n) is 4.19. The van der Waals surface area contributed by atoms with Crippen LogP contribution in [0.3, 0.4) is 0 Å². The summed E-state index contributed by atoms with van der Waals surface area (Å²) in [6, 6.07) is 9.63. The maximum absolute atomic E-state index is 14.0. The van der Waals surface area contributed by atoms with Gasteiger partial charge in [-0.2, -0.15) is 4.31 Å². The highest BCUT2D eigenvalue weighted by Crippen LogP contribution is 2.38. The van der Waals surface area contributed by atoms with E-state index in [0.717, 1.165) is 23.8 Å². The largest absolute Gasteiger partial charge is 0.497 e. The van der Waals surface area contributed by atoms with Crippen molar-refractivity contribution < 1.29 is 21.9 Å². The van der Waals surface area contributed by atoms with Gasteiger partial charge in [0.05, 0.1) is 13.2 Å². The number of rotatable bonds is 4. The highest BCUT2D eigenvalue weighted by atomic mass is 32.2. The van der Waals surface area contributed by atoms with E-state index in [-0.39, 0.29) is 6.54 Å². The lowest BCUT2D eigenvalue weighted by Crippen LogP contribution is -2.32. The summed E-state index contributed by atoms with van der Waals surface area (Å²) in [4.78, 5) is -0.884. The summed E-state index contributed by atoms with van der Waals surface area (Å²) in [5.74, 6) is -1.49. The smallest absolute Gasteiger partial charge is 0.249 e. The van der Waals surface area contributed by atoms with E-state index in [0.29, 0.717) is 18.6 Å². The topological polar surface area (TPSA) is 46.6 Å². The van der Waals surface area contributed by atoms with E-state index in [4.69, 9.17) is 4.74 Å².